The van der Waals surface area contributed by atoms with E-state index in [1.807, 2.05) is 0 Å². The van der Waals surface area contributed by atoms with Crippen molar-refractivity contribution in [2.75, 3.05) is 23.4 Å². The smallest absolute Gasteiger partial charge is 0.414 e. The summed E-state index contributed by atoms with van der Waals surface area (Å²) in [5.74, 6) is -0.118. The highest BCUT2D eigenvalue weighted by atomic mass is 19.1. The summed E-state index contributed by atoms with van der Waals surface area (Å²) in [5.41, 5.74) is 0.545. The Morgan fingerprint density at radius 3 is 2.87 bits per heavy atom. The van der Waals surface area contributed by atoms with Crippen molar-refractivity contribution in [2.45, 2.75) is 32.2 Å². The number of amides is 3. The topological polar surface area (TPSA) is 70.7 Å². The summed E-state index contributed by atoms with van der Waals surface area (Å²) < 4.78 is 18.8. The minimum atomic E-state index is -0.545. The van der Waals surface area contributed by atoms with Crippen LogP contribution in [0.4, 0.5) is 25.4 Å². The molecule has 0 aromatic heterocycles. The van der Waals surface area contributed by atoms with Crippen molar-refractivity contribution < 1.29 is 18.7 Å². The maximum atomic E-state index is 13.9. The van der Waals surface area contributed by atoms with E-state index in [9.17, 15) is 14.0 Å². The Bertz CT molecular complexity index is 623. The van der Waals surface area contributed by atoms with Crippen LogP contribution in [-0.4, -0.2) is 31.3 Å². The number of nitrogens with one attached hydrogen (secondary N) is 2. The molecule has 1 saturated heterocycles. The van der Waals surface area contributed by atoms with E-state index in [2.05, 4.69) is 17.6 Å². The van der Waals surface area contributed by atoms with Gasteiger partial charge >= 0.3 is 12.1 Å². The molecule has 2 fully saturated rings. The van der Waals surface area contributed by atoms with Crippen LogP contribution in [0.3, 0.4) is 0 Å². The molecule has 1 aromatic rings. The number of carbonyl (C=O) groups excluding carboxylic acids is 2. The summed E-state index contributed by atoms with van der Waals surface area (Å²) in [6, 6.07) is 3.86. The standard InChI is InChI=1S/C16H20FN3O3/c1-10-3-2-4-13(10)18-15(21)19-14-9-11(5-6-12(14)17)20-7-8-23-16(20)22/h5-6,9-10,13H,2-4,7-8H2,1H3,(H2,18,19,21). The second-order valence-electron chi connectivity index (χ2n) is 6.04. The molecule has 3 amide bonds. The second-order valence-corrected chi connectivity index (χ2v) is 6.04. The summed E-state index contributed by atoms with van der Waals surface area (Å²) in [6.45, 7) is 2.81. The van der Waals surface area contributed by atoms with Crippen LogP contribution in [0.2, 0.25) is 0 Å². The predicted octanol–water partition coefficient (Wildman–Crippen LogP) is 3.09. The zero-order valence-corrected chi connectivity index (χ0v) is 13.0. The van der Waals surface area contributed by atoms with Gasteiger partial charge in [-0.25, -0.2) is 14.0 Å². The van der Waals surface area contributed by atoms with Gasteiger partial charge in [0.1, 0.15) is 12.4 Å². The van der Waals surface area contributed by atoms with Gasteiger partial charge in [0.2, 0.25) is 0 Å². The zero-order chi connectivity index (χ0) is 16.4. The Morgan fingerprint density at radius 2 is 2.22 bits per heavy atom. The predicted molar refractivity (Wildman–Crippen MR) is 84.1 cm³/mol. The molecule has 3 rings (SSSR count). The van der Waals surface area contributed by atoms with Gasteiger partial charge < -0.3 is 15.4 Å². The van der Waals surface area contributed by atoms with Crippen LogP contribution in [-0.2, 0) is 4.74 Å². The Hall–Kier alpha value is -2.31. The molecular weight excluding hydrogens is 301 g/mol. The third kappa shape index (κ3) is 3.38. The SMILES string of the molecule is CC1CCCC1NC(=O)Nc1cc(N2CCOC2=O)ccc1F. The molecular formula is C16H20FN3O3. The number of hydrogen-bond acceptors (Lipinski definition) is 3. The lowest BCUT2D eigenvalue weighted by Crippen LogP contribution is -2.39. The minimum absolute atomic E-state index is 0.0466. The number of carbonyl (C=O) groups is 2. The number of cyclic esters (lactones) is 1. The molecule has 6 nitrogen and oxygen atoms in total. The van der Waals surface area contributed by atoms with Crippen molar-refractivity contribution in [3.8, 4) is 0 Å². The molecule has 1 saturated carbocycles. The third-order valence-corrected chi connectivity index (χ3v) is 4.45. The summed E-state index contributed by atoms with van der Waals surface area (Å²) in [7, 11) is 0. The molecule has 124 valence electrons. The van der Waals surface area contributed by atoms with Crippen molar-refractivity contribution in [3.63, 3.8) is 0 Å². The van der Waals surface area contributed by atoms with E-state index in [4.69, 9.17) is 4.74 Å². The van der Waals surface area contributed by atoms with Gasteiger partial charge in [0, 0.05) is 11.7 Å². The lowest BCUT2D eigenvalue weighted by molar-refractivity contribution is 0.181. The Morgan fingerprint density at radius 1 is 1.39 bits per heavy atom. The number of rotatable bonds is 3. The molecule has 23 heavy (non-hydrogen) atoms. The van der Waals surface area contributed by atoms with E-state index in [-0.39, 0.29) is 11.7 Å². The lowest BCUT2D eigenvalue weighted by Gasteiger charge is -2.19. The van der Waals surface area contributed by atoms with Crippen LogP contribution in [0.15, 0.2) is 18.2 Å². The number of ether oxygens (including phenoxy) is 1. The largest absolute Gasteiger partial charge is 0.447 e. The van der Waals surface area contributed by atoms with Gasteiger partial charge in [0.15, 0.2) is 0 Å². The normalized spacial score (nSPS) is 23.7. The molecule has 1 heterocycles. The Balaban J connectivity index is 1.69. The van der Waals surface area contributed by atoms with Crippen LogP contribution in [0, 0.1) is 11.7 Å². The summed E-state index contributed by atoms with van der Waals surface area (Å²) in [6.07, 6.45) is 2.65. The maximum absolute atomic E-state index is 13.9. The Kier molecular flexibility index (Phi) is 4.36. The van der Waals surface area contributed by atoms with E-state index in [1.165, 1.54) is 23.1 Å². The quantitative estimate of drug-likeness (QED) is 0.899. The number of anilines is 2. The number of benzene rings is 1. The zero-order valence-electron chi connectivity index (χ0n) is 13.0. The van der Waals surface area contributed by atoms with Crippen molar-refractivity contribution in [3.05, 3.63) is 24.0 Å². The maximum Gasteiger partial charge on any atom is 0.414 e. The van der Waals surface area contributed by atoms with Gasteiger partial charge in [-0.05, 0) is 37.0 Å². The molecule has 0 spiro atoms. The highest BCUT2D eigenvalue weighted by molar-refractivity contribution is 5.93. The molecule has 2 atom stereocenters. The van der Waals surface area contributed by atoms with Crippen LogP contribution in [0.1, 0.15) is 26.2 Å². The molecule has 1 aliphatic carbocycles. The number of urea groups is 1. The van der Waals surface area contributed by atoms with Crippen molar-refractivity contribution >= 4 is 23.5 Å². The first-order chi connectivity index (χ1) is 11.0. The fraction of sp³-hybridized carbons (Fsp3) is 0.500. The van der Waals surface area contributed by atoms with Gasteiger partial charge in [0.05, 0.1) is 12.2 Å². The van der Waals surface area contributed by atoms with Gasteiger partial charge in [-0.2, -0.15) is 0 Å². The highest BCUT2D eigenvalue weighted by Crippen LogP contribution is 2.26. The molecule has 1 aromatic carbocycles. The summed E-state index contributed by atoms with van der Waals surface area (Å²) >= 11 is 0. The monoisotopic (exact) mass is 321 g/mol. The van der Waals surface area contributed by atoms with Crippen molar-refractivity contribution in [2.24, 2.45) is 5.92 Å². The van der Waals surface area contributed by atoms with Crippen LogP contribution in [0.5, 0.6) is 0 Å². The molecule has 0 radical (unpaired) electrons. The molecule has 2 aliphatic rings. The van der Waals surface area contributed by atoms with E-state index >= 15 is 0 Å². The van der Waals surface area contributed by atoms with Crippen LogP contribution >= 0.6 is 0 Å². The van der Waals surface area contributed by atoms with E-state index in [0.29, 0.717) is 24.8 Å². The average Bonchev–Trinajstić information content (AvgIpc) is 3.11. The van der Waals surface area contributed by atoms with E-state index < -0.39 is 17.9 Å². The summed E-state index contributed by atoms with van der Waals surface area (Å²) in [4.78, 5) is 25.0. The van der Waals surface area contributed by atoms with Crippen molar-refractivity contribution in [1.82, 2.24) is 5.32 Å². The first kappa shape index (κ1) is 15.6. The molecule has 1 aliphatic heterocycles. The average molecular weight is 321 g/mol. The van der Waals surface area contributed by atoms with Gasteiger partial charge in [-0.3, -0.25) is 4.90 Å². The van der Waals surface area contributed by atoms with Gasteiger partial charge in [-0.1, -0.05) is 13.3 Å². The van der Waals surface area contributed by atoms with E-state index in [0.717, 1.165) is 19.3 Å². The van der Waals surface area contributed by atoms with Crippen molar-refractivity contribution in [1.29, 1.82) is 0 Å². The second kappa shape index (κ2) is 6.44. The molecule has 0 bridgehead atoms. The Labute approximate surface area is 134 Å². The minimum Gasteiger partial charge on any atom is -0.447 e. The molecule has 2 N–H and O–H groups in total. The lowest BCUT2D eigenvalue weighted by atomic mass is 10.1. The highest BCUT2D eigenvalue weighted by Gasteiger charge is 2.26. The van der Waals surface area contributed by atoms with Gasteiger partial charge in [-0.15, -0.1) is 0 Å². The molecule has 7 heteroatoms. The van der Waals surface area contributed by atoms with E-state index in [1.54, 1.807) is 0 Å². The first-order valence-electron chi connectivity index (χ1n) is 7.86. The fourth-order valence-corrected chi connectivity index (χ4v) is 3.09. The van der Waals surface area contributed by atoms with Gasteiger partial charge in [0.25, 0.3) is 0 Å². The number of nitrogens with zero attached hydrogens (tertiary/aromatic N) is 1. The first-order valence-corrected chi connectivity index (χ1v) is 7.86. The molecule has 2 unspecified atom stereocenters. The summed E-state index contributed by atoms with van der Waals surface area (Å²) in [5, 5.41) is 5.41. The fourth-order valence-electron chi connectivity index (χ4n) is 3.09. The number of hydrogen-bond donors (Lipinski definition) is 2. The third-order valence-electron chi connectivity index (χ3n) is 4.45. The van der Waals surface area contributed by atoms with Crippen LogP contribution in [0.25, 0.3) is 0 Å². The van der Waals surface area contributed by atoms with Crippen LogP contribution < -0.4 is 15.5 Å². The number of halogens is 1.